The smallest absolute Gasteiger partial charge is 0.262 e. The fourth-order valence-electron chi connectivity index (χ4n) is 5.47. The Labute approximate surface area is 243 Å². The number of anilines is 2. The van der Waals surface area contributed by atoms with E-state index in [0.717, 1.165) is 42.4 Å². The van der Waals surface area contributed by atoms with E-state index >= 15 is 4.39 Å². The molecule has 0 radical (unpaired) electrons. The van der Waals surface area contributed by atoms with Crippen LogP contribution < -0.4 is 25.2 Å². The molecule has 0 spiro atoms. The molecule has 0 saturated heterocycles. The highest BCUT2D eigenvalue weighted by atomic mass is 32.2. The summed E-state index contributed by atoms with van der Waals surface area (Å²) < 4.78 is 57.4. The number of sulfonamides is 1. The number of aromatic nitrogens is 3. The number of nitrogen functional groups attached to an aromatic ring is 1. The van der Waals surface area contributed by atoms with Crippen LogP contribution in [-0.2, 0) is 10.0 Å². The first-order chi connectivity index (χ1) is 20.2. The van der Waals surface area contributed by atoms with E-state index in [1.807, 2.05) is 25.3 Å². The molecule has 2 aliphatic rings. The fourth-order valence-corrected chi connectivity index (χ4v) is 6.54. The molecule has 1 aliphatic heterocycles. The van der Waals surface area contributed by atoms with Crippen molar-refractivity contribution in [2.45, 2.75) is 50.0 Å². The molecular weight excluding hydrogens is 559 g/mol. The van der Waals surface area contributed by atoms with Crippen LogP contribution in [0.5, 0.6) is 11.5 Å². The summed E-state index contributed by atoms with van der Waals surface area (Å²) >= 11 is 0. The Bertz CT molecular complexity index is 1820. The lowest BCUT2D eigenvalue weighted by molar-refractivity contribution is 0.171. The summed E-state index contributed by atoms with van der Waals surface area (Å²) in [7, 11) is -2.06. The molecule has 220 valence electrons. The third-order valence-corrected chi connectivity index (χ3v) is 9.06. The van der Waals surface area contributed by atoms with Crippen molar-refractivity contribution in [3.05, 3.63) is 66.0 Å². The van der Waals surface area contributed by atoms with Crippen molar-refractivity contribution in [3.8, 4) is 22.8 Å². The van der Waals surface area contributed by atoms with Crippen molar-refractivity contribution < 1.29 is 22.3 Å². The maximum absolute atomic E-state index is 15.7. The predicted octanol–water partition coefficient (Wildman–Crippen LogP) is 4.97. The van der Waals surface area contributed by atoms with Crippen molar-refractivity contribution >= 4 is 32.6 Å². The molecule has 3 heterocycles. The third-order valence-electron chi connectivity index (χ3n) is 7.68. The zero-order chi connectivity index (χ0) is 29.6. The summed E-state index contributed by atoms with van der Waals surface area (Å²) in [5.41, 5.74) is 9.57. The number of halogens is 1. The van der Waals surface area contributed by atoms with E-state index in [1.165, 1.54) is 30.3 Å². The van der Waals surface area contributed by atoms with Gasteiger partial charge >= 0.3 is 0 Å². The molecular formula is C30H33FN6O4S. The van der Waals surface area contributed by atoms with E-state index in [0.29, 0.717) is 42.0 Å². The zero-order valence-electron chi connectivity index (χ0n) is 23.6. The first-order valence-electron chi connectivity index (χ1n) is 13.9. The van der Waals surface area contributed by atoms with E-state index in [9.17, 15) is 8.42 Å². The van der Waals surface area contributed by atoms with Gasteiger partial charge in [0.1, 0.15) is 41.9 Å². The fraction of sp³-hybridized carbons (Fsp3) is 0.333. The number of imidazole rings is 1. The molecule has 10 nitrogen and oxygen atoms in total. The van der Waals surface area contributed by atoms with Crippen LogP contribution >= 0.6 is 0 Å². The third kappa shape index (κ3) is 5.05. The van der Waals surface area contributed by atoms with Gasteiger partial charge in [0.2, 0.25) is 0 Å². The number of ether oxygens (including phenoxy) is 2. The highest BCUT2D eigenvalue weighted by Crippen LogP contribution is 2.37. The number of fused-ring (bicyclic) bond motifs is 2. The van der Waals surface area contributed by atoms with Gasteiger partial charge in [-0.3, -0.25) is 9.12 Å². The standard InChI is InChI=1S/C30H33FN6O4S/c1-17(2)30-35-27(28-29(32)34-16-24(37(28)30)18-4-6-19(33-3)7-5-18)22-10-8-20(14-23(22)31)36-42(38,39)21-9-11-25-26(15-21)41-13-12-40-25/h4,8-11,14-17,19,33,36H,5-7,12-13H2,1-3H3,(H2,32,34). The van der Waals surface area contributed by atoms with Crippen molar-refractivity contribution in [1.82, 2.24) is 19.7 Å². The first-order valence-corrected chi connectivity index (χ1v) is 15.4. The molecule has 1 aliphatic carbocycles. The maximum Gasteiger partial charge on any atom is 0.262 e. The molecule has 0 saturated carbocycles. The molecule has 2 aromatic carbocycles. The number of nitrogens with two attached hydrogens (primary N) is 1. The molecule has 0 amide bonds. The molecule has 1 unspecified atom stereocenters. The Hall–Kier alpha value is -4.16. The number of benzene rings is 2. The summed E-state index contributed by atoms with van der Waals surface area (Å²) in [5, 5.41) is 3.33. The summed E-state index contributed by atoms with van der Waals surface area (Å²) in [5.74, 6) is 1.16. The Morgan fingerprint density at radius 2 is 1.90 bits per heavy atom. The average molecular weight is 593 g/mol. The van der Waals surface area contributed by atoms with Gasteiger partial charge in [0, 0.05) is 23.6 Å². The van der Waals surface area contributed by atoms with Crippen molar-refractivity contribution in [1.29, 1.82) is 0 Å². The number of nitrogens with zero attached hydrogens (tertiary/aromatic N) is 3. The molecule has 4 N–H and O–H groups in total. The van der Waals surface area contributed by atoms with Crippen molar-refractivity contribution in [2.75, 3.05) is 30.7 Å². The Morgan fingerprint density at radius 3 is 2.60 bits per heavy atom. The van der Waals surface area contributed by atoms with Crippen LogP contribution in [0.25, 0.3) is 22.3 Å². The van der Waals surface area contributed by atoms with Crippen LogP contribution in [0.15, 0.2) is 53.6 Å². The molecule has 0 bridgehead atoms. The van der Waals surface area contributed by atoms with E-state index in [2.05, 4.69) is 21.1 Å². The van der Waals surface area contributed by atoms with Gasteiger partial charge in [0.15, 0.2) is 11.5 Å². The highest BCUT2D eigenvalue weighted by molar-refractivity contribution is 7.92. The molecule has 2 aromatic heterocycles. The minimum absolute atomic E-state index is 0.0150. The number of hydrogen-bond acceptors (Lipinski definition) is 8. The Morgan fingerprint density at radius 1 is 1.12 bits per heavy atom. The van der Waals surface area contributed by atoms with Gasteiger partial charge in [-0.05, 0) is 62.2 Å². The molecule has 4 aromatic rings. The SMILES string of the molecule is CNC1CC=C(c2cnc(N)c3c(-c4ccc(NS(=O)(=O)c5ccc6c(c5)OCCO6)cc4F)nc(C(C)C)n23)CC1. The van der Waals surface area contributed by atoms with Gasteiger partial charge < -0.3 is 20.5 Å². The minimum atomic E-state index is -4.03. The molecule has 1 atom stereocenters. The molecule has 42 heavy (non-hydrogen) atoms. The van der Waals surface area contributed by atoms with Gasteiger partial charge in [-0.1, -0.05) is 19.9 Å². The lowest BCUT2D eigenvalue weighted by atomic mass is 9.93. The van der Waals surface area contributed by atoms with Crippen LogP contribution in [0.4, 0.5) is 15.9 Å². The van der Waals surface area contributed by atoms with Crippen LogP contribution in [0, 0.1) is 5.82 Å². The normalized spacial score (nSPS) is 17.0. The van der Waals surface area contributed by atoms with Crippen LogP contribution in [-0.4, -0.2) is 49.1 Å². The van der Waals surface area contributed by atoms with Crippen LogP contribution in [0.1, 0.15) is 50.5 Å². The Kier molecular flexibility index (Phi) is 7.27. The summed E-state index contributed by atoms with van der Waals surface area (Å²) in [4.78, 5) is 9.30. The van der Waals surface area contributed by atoms with E-state index in [1.54, 1.807) is 6.20 Å². The lowest BCUT2D eigenvalue weighted by Crippen LogP contribution is -2.26. The second kappa shape index (κ2) is 10.9. The summed E-state index contributed by atoms with van der Waals surface area (Å²) in [6.45, 7) is 4.77. The monoisotopic (exact) mass is 592 g/mol. The highest BCUT2D eigenvalue weighted by Gasteiger charge is 2.26. The summed E-state index contributed by atoms with van der Waals surface area (Å²) in [6, 6.07) is 8.92. The van der Waals surface area contributed by atoms with Crippen LogP contribution in [0.3, 0.4) is 0 Å². The average Bonchev–Trinajstić information content (AvgIpc) is 3.39. The minimum Gasteiger partial charge on any atom is -0.486 e. The number of rotatable bonds is 7. The van der Waals surface area contributed by atoms with Crippen molar-refractivity contribution in [2.24, 2.45) is 0 Å². The number of nitrogens with one attached hydrogen (secondary N) is 2. The topological polar surface area (TPSA) is 133 Å². The van der Waals surface area contributed by atoms with E-state index in [4.69, 9.17) is 20.2 Å². The maximum atomic E-state index is 15.7. The van der Waals surface area contributed by atoms with Crippen LogP contribution in [0.2, 0.25) is 0 Å². The second-order valence-corrected chi connectivity index (χ2v) is 12.5. The quantitative estimate of drug-likeness (QED) is 0.274. The predicted molar refractivity (Wildman–Crippen MR) is 160 cm³/mol. The van der Waals surface area contributed by atoms with E-state index in [-0.39, 0.29) is 27.9 Å². The molecule has 6 rings (SSSR count). The van der Waals surface area contributed by atoms with Gasteiger partial charge in [-0.15, -0.1) is 0 Å². The van der Waals surface area contributed by atoms with Crippen molar-refractivity contribution in [3.63, 3.8) is 0 Å². The summed E-state index contributed by atoms with van der Waals surface area (Å²) in [6.07, 6.45) is 6.73. The lowest BCUT2D eigenvalue weighted by Gasteiger charge is -2.22. The molecule has 12 heteroatoms. The molecule has 0 fully saturated rings. The zero-order valence-corrected chi connectivity index (χ0v) is 24.5. The van der Waals surface area contributed by atoms with Gasteiger partial charge in [0.05, 0.1) is 22.5 Å². The largest absolute Gasteiger partial charge is 0.486 e. The van der Waals surface area contributed by atoms with Gasteiger partial charge in [-0.2, -0.15) is 0 Å². The Balaban J connectivity index is 1.37. The van der Waals surface area contributed by atoms with E-state index < -0.39 is 15.8 Å². The number of allylic oxidation sites excluding steroid dienone is 1. The second-order valence-electron chi connectivity index (χ2n) is 10.8. The first kappa shape index (κ1) is 28.0. The number of hydrogen-bond donors (Lipinski definition) is 3. The van der Waals surface area contributed by atoms with Gasteiger partial charge in [0.25, 0.3) is 10.0 Å². The van der Waals surface area contributed by atoms with Gasteiger partial charge in [-0.25, -0.2) is 22.8 Å².